The van der Waals surface area contributed by atoms with E-state index in [1.165, 1.54) is 0 Å². The monoisotopic (exact) mass is 264 g/mol. The lowest BCUT2D eigenvalue weighted by Crippen LogP contribution is -2.06. The third-order valence-corrected chi connectivity index (χ3v) is 2.16. The molecule has 0 amide bonds. The molecule has 0 atom stereocenters. The Labute approximate surface area is 79.0 Å². The highest BCUT2D eigenvalue weighted by atomic mass is 127. The number of benzene rings is 1. The molecule has 1 rings (SSSR count). The number of nitrogen functional groups attached to an aromatic ring is 1. The number of nitrogens with one attached hydrogen (secondary N) is 1. The average molecular weight is 264 g/mol. The van der Waals surface area contributed by atoms with Crippen molar-refractivity contribution in [2.24, 2.45) is 5.84 Å². The summed E-state index contributed by atoms with van der Waals surface area (Å²) in [4.78, 5) is 0. The highest BCUT2D eigenvalue weighted by Gasteiger charge is 1.98. The first-order chi connectivity index (χ1) is 5.27. The Morgan fingerprint density at radius 1 is 1.55 bits per heavy atom. The van der Waals surface area contributed by atoms with Gasteiger partial charge in [-0.2, -0.15) is 0 Å². The van der Waals surface area contributed by atoms with E-state index in [0.717, 1.165) is 15.0 Å². The summed E-state index contributed by atoms with van der Waals surface area (Å²) in [5.74, 6) is 6.08. The van der Waals surface area contributed by atoms with E-state index in [4.69, 9.17) is 10.6 Å². The van der Waals surface area contributed by atoms with E-state index in [9.17, 15) is 0 Å². The maximum absolute atomic E-state index is 5.22. The molecular formula is C7H9IN2O. The first-order valence-corrected chi connectivity index (χ1v) is 4.16. The van der Waals surface area contributed by atoms with Crippen LogP contribution in [-0.2, 0) is 0 Å². The van der Waals surface area contributed by atoms with Gasteiger partial charge >= 0.3 is 0 Å². The maximum Gasteiger partial charge on any atom is 0.132 e. The highest BCUT2D eigenvalue weighted by molar-refractivity contribution is 14.1. The van der Waals surface area contributed by atoms with Crippen molar-refractivity contribution in [1.29, 1.82) is 0 Å². The molecule has 0 saturated heterocycles. The van der Waals surface area contributed by atoms with Gasteiger partial charge in [0.05, 0.1) is 10.7 Å². The predicted octanol–water partition coefficient (Wildman–Crippen LogP) is 1.59. The first-order valence-electron chi connectivity index (χ1n) is 3.08. The minimum absolute atomic E-state index is 0.865. The van der Waals surface area contributed by atoms with E-state index >= 15 is 0 Å². The Morgan fingerprint density at radius 3 is 2.73 bits per heavy atom. The molecule has 4 heteroatoms. The number of ether oxygens (including phenoxy) is 1. The van der Waals surface area contributed by atoms with Crippen molar-refractivity contribution in [1.82, 2.24) is 0 Å². The third-order valence-electron chi connectivity index (χ3n) is 1.32. The van der Waals surface area contributed by atoms with Crippen LogP contribution >= 0.6 is 22.6 Å². The van der Waals surface area contributed by atoms with Gasteiger partial charge in [0.1, 0.15) is 5.75 Å². The number of hydrazine groups is 1. The molecule has 0 spiro atoms. The predicted molar refractivity (Wildman–Crippen MR) is 53.5 cm³/mol. The molecule has 1 aromatic rings. The SMILES string of the molecule is COc1ccc(NN)cc1I. The van der Waals surface area contributed by atoms with E-state index in [-0.39, 0.29) is 0 Å². The Bertz CT molecular complexity index is 252. The van der Waals surface area contributed by atoms with E-state index in [2.05, 4.69) is 28.0 Å². The van der Waals surface area contributed by atoms with Crippen molar-refractivity contribution in [2.45, 2.75) is 0 Å². The standard InChI is InChI=1S/C7H9IN2O/c1-11-7-3-2-5(10-9)4-6(7)8/h2-4,10H,9H2,1H3. The van der Waals surface area contributed by atoms with Gasteiger partial charge < -0.3 is 10.2 Å². The zero-order valence-corrected chi connectivity index (χ0v) is 8.25. The normalized spacial score (nSPS) is 9.36. The lowest BCUT2D eigenvalue weighted by Gasteiger charge is -2.04. The van der Waals surface area contributed by atoms with Gasteiger partial charge in [0.25, 0.3) is 0 Å². The lowest BCUT2D eigenvalue weighted by atomic mass is 10.3. The van der Waals surface area contributed by atoms with Gasteiger partial charge in [0.2, 0.25) is 0 Å². The van der Waals surface area contributed by atoms with Crippen LogP contribution in [0.25, 0.3) is 0 Å². The second kappa shape index (κ2) is 3.77. The van der Waals surface area contributed by atoms with Crippen LogP contribution in [0.3, 0.4) is 0 Å². The molecule has 0 aliphatic rings. The second-order valence-corrected chi connectivity index (χ2v) is 3.16. The zero-order chi connectivity index (χ0) is 8.27. The molecule has 0 aromatic heterocycles. The van der Waals surface area contributed by atoms with E-state index in [1.54, 1.807) is 7.11 Å². The van der Waals surface area contributed by atoms with Crippen LogP contribution in [0.5, 0.6) is 5.75 Å². The first kappa shape index (κ1) is 8.61. The van der Waals surface area contributed by atoms with Gasteiger partial charge in [-0.25, -0.2) is 0 Å². The fourth-order valence-corrected chi connectivity index (χ4v) is 1.49. The fourth-order valence-electron chi connectivity index (χ4n) is 0.756. The molecule has 3 N–H and O–H groups in total. The van der Waals surface area contributed by atoms with Gasteiger partial charge in [-0.1, -0.05) is 0 Å². The molecule has 11 heavy (non-hydrogen) atoms. The molecule has 0 aliphatic heterocycles. The van der Waals surface area contributed by atoms with Crippen molar-refractivity contribution in [2.75, 3.05) is 12.5 Å². The van der Waals surface area contributed by atoms with Gasteiger partial charge in [-0.3, -0.25) is 5.84 Å². The summed E-state index contributed by atoms with van der Waals surface area (Å²) in [6.07, 6.45) is 0. The highest BCUT2D eigenvalue weighted by Crippen LogP contribution is 2.23. The topological polar surface area (TPSA) is 47.3 Å². The van der Waals surface area contributed by atoms with Crippen molar-refractivity contribution in [3.05, 3.63) is 21.8 Å². The molecule has 0 saturated carbocycles. The average Bonchev–Trinajstić information content (AvgIpc) is 2.04. The van der Waals surface area contributed by atoms with Gasteiger partial charge in [-0.15, -0.1) is 0 Å². The van der Waals surface area contributed by atoms with Crippen molar-refractivity contribution in [3.8, 4) is 5.75 Å². The van der Waals surface area contributed by atoms with E-state index in [0.29, 0.717) is 0 Å². The number of rotatable bonds is 2. The molecule has 0 unspecified atom stereocenters. The van der Waals surface area contributed by atoms with Gasteiger partial charge in [-0.05, 0) is 40.8 Å². The van der Waals surface area contributed by atoms with Gasteiger partial charge in [0, 0.05) is 5.69 Å². The molecular weight excluding hydrogens is 255 g/mol. The summed E-state index contributed by atoms with van der Waals surface area (Å²) in [6, 6.07) is 5.65. The number of hydrogen-bond acceptors (Lipinski definition) is 3. The number of nitrogens with two attached hydrogens (primary N) is 1. The number of anilines is 1. The zero-order valence-electron chi connectivity index (χ0n) is 6.10. The molecule has 0 aliphatic carbocycles. The molecule has 0 bridgehead atoms. The van der Waals surface area contributed by atoms with Crippen LogP contribution in [0, 0.1) is 3.57 Å². The maximum atomic E-state index is 5.22. The summed E-state index contributed by atoms with van der Waals surface area (Å²) in [5.41, 5.74) is 3.44. The fraction of sp³-hybridized carbons (Fsp3) is 0.143. The minimum atomic E-state index is 0.865. The lowest BCUT2D eigenvalue weighted by molar-refractivity contribution is 0.412. The number of methoxy groups -OCH3 is 1. The van der Waals surface area contributed by atoms with Crippen molar-refractivity contribution in [3.63, 3.8) is 0 Å². The summed E-state index contributed by atoms with van der Waals surface area (Å²) in [7, 11) is 1.65. The Kier molecular flexibility index (Phi) is 2.95. The molecule has 0 heterocycles. The Morgan fingerprint density at radius 2 is 2.27 bits per heavy atom. The molecule has 1 aromatic carbocycles. The van der Waals surface area contributed by atoms with Crippen LogP contribution < -0.4 is 16.0 Å². The summed E-state index contributed by atoms with van der Waals surface area (Å²) >= 11 is 2.19. The minimum Gasteiger partial charge on any atom is -0.496 e. The summed E-state index contributed by atoms with van der Waals surface area (Å²) in [5, 5.41) is 0. The van der Waals surface area contributed by atoms with E-state index < -0.39 is 0 Å². The smallest absolute Gasteiger partial charge is 0.132 e. The molecule has 60 valence electrons. The number of hydrogen-bond donors (Lipinski definition) is 2. The molecule has 0 radical (unpaired) electrons. The van der Waals surface area contributed by atoms with Crippen LogP contribution in [-0.4, -0.2) is 7.11 Å². The summed E-state index contributed by atoms with van der Waals surface area (Å²) in [6.45, 7) is 0. The van der Waals surface area contributed by atoms with Crippen LogP contribution in [0.2, 0.25) is 0 Å². The van der Waals surface area contributed by atoms with Crippen molar-refractivity contribution < 1.29 is 4.74 Å². The molecule has 0 fully saturated rings. The Balaban J connectivity index is 2.99. The second-order valence-electron chi connectivity index (χ2n) is 1.99. The molecule has 3 nitrogen and oxygen atoms in total. The van der Waals surface area contributed by atoms with Crippen LogP contribution in [0.4, 0.5) is 5.69 Å². The quantitative estimate of drug-likeness (QED) is 0.484. The van der Waals surface area contributed by atoms with Gasteiger partial charge in [0.15, 0.2) is 0 Å². The van der Waals surface area contributed by atoms with E-state index in [1.807, 2.05) is 18.2 Å². The van der Waals surface area contributed by atoms with Crippen LogP contribution in [0.1, 0.15) is 0 Å². The number of halogens is 1. The van der Waals surface area contributed by atoms with Crippen molar-refractivity contribution >= 4 is 28.3 Å². The van der Waals surface area contributed by atoms with Crippen LogP contribution in [0.15, 0.2) is 18.2 Å². The third kappa shape index (κ3) is 1.97. The largest absolute Gasteiger partial charge is 0.496 e. The Hall–Kier alpha value is -0.490. The summed E-state index contributed by atoms with van der Waals surface area (Å²) < 4.78 is 6.11.